The van der Waals surface area contributed by atoms with Crippen LogP contribution < -0.4 is 5.73 Å². The second kappa shape index (κ2) is 8.28. The van der Waals surface area contributed by atoms with Crippen molar-refractivity contribution in [2.45, 2.75) is 44.2 Å². The first-order valence-electron chi connectivity index (χ1n) is 9.61. The van der Waals surface area contributed by atoms with Gasteiger partial charge in [-0.15, -0.1) is 11.3 Å². The van der Waals surface area contributed by atoms with Crippen molar-refractivity contribution in [2.75, 3.05) is 13.1 Å². The summed E-state index contributed by atoms with van der Waals surface area (Å²) in [6.07, 6.45) is 5.51. The van der Waals surface area contributed by atoms with Crippen LogP contribution in [0.4, 0.5) is 0 Å². The average molecular weight is 401 g/mol. The standard InChI is InChI=1S/C20H24N4O3S/c21-19(25)11-14-5-1-2-8-23(14)13-20(26)24-16(17-6-3-9-27-17)12-15(22-24)18-7-4-10-28-18/h3-4,6-7,9-10,14,16H,1-2,5,8,11-13H2,(H2,21,25). The number of piperidine rings is 1. The largest absolute Gasteiger partial charge is 0.467 e. The molecule has 2 amide bonds. The highest BCUT2D eigenvalue weighted by Gasteiger charge is 2.36. The van der Waals surface area contributed by atoms with Gasteiger partial charge >= 0.3 is 0 Å². The third-order valence-electron chi connectivity index (χ3n) is 5.37. The maximum atomic E-state index is 13.2. The fourth-order valence-electron chi connectivity index (χ4n) is 4.01. The van der Waals surface area contributed by atoms with Gasteiger partial charge in [0.25, 0.3) is 5.91 Å². The Balaban J connectivity index is 1.53. The smallest absolute Gasteiger partial charge is 0.257 e. The molecule has 0 aromatic carbocycles. The zero-order valence-electron chi connectivity index (χ0n) is 15.6. The van der Waals surface area contributed by atoms with Crippen LogP contribution in [0.2, 0.25) is 0 Å². The third kappa shape index (κ3) is 4.02. The molecule has 0 radical (unpaired) electrons. The Bertz CT molecular complexity index is 847. The zero-order valence-corrected chi connectivity index (χ0v) is 16.4. The predicted octanol–water partition coefficient (Wildman–Crippen LogP) is 2.75. The van der Waals surface area contributed by atoms with Crippen LogP contribution in [0.5, 0.6) is 0 Å². The van der Waals surface area contributed by atoms with E-state index in [0.717, 1.165) is 42.2 Å². The Labute approximate surface area is 167 Å². The van der Waals surface area contributed by atoms with Crippen LogP contribution in [-0.4, -0.2) is 46.6 Å². The van der Waals surface area contributed by atoms with Crippen LogP contribution in [0.3, 0.4) is 0 Å². The topological polar surface area (TPSA) is 92.1 Å². The van der Waals surface area contributed by atoms with Crippen LogP contribution in [0.1, 0.15) is 48.8 Å². The molecule has 2 aliphatic heterocycles. The molecule has 1 fully saturated rings. The SMILES string of the molecule is NC(=O)CC1CCCCN1CC(=O)N1N=C(c2cccs2)CC1c1ccco1. The van der Waals surface area contributed by atoms with E-state index in [1.54, 1.807) is 22.6 Å². The molecule has 4 heterocycles. The highest BCUT2D eigenvalue weighted by Crippen LogP contribution is 2.34. The van der Waals surface area contributed by atoms with Crippen molar-refractivity contribution in [3.05, 3.63) is 46.5 Å². The number of furan rings is 1. The molecule has 2 unspecified atom stereocenters. The van der Waals surface area contributed by atoms with Gasteiger partial charge in [0.05, 0.1) is 23.4 Å². The van der Waals surface area contributed by atoms with E-state index in [4.69, 9.17) is 10.2 Å². The quantitative estimate of drug-likeness (QED) is 0.807. The molecular weight excluding hydrogens is 376 g/mol. The van der Waals surface area contributed by atoms with E-state index < -0.39 is 0 Å². The lowest BCUT2D eigenvalue weighted by Crippen LogP contribution is -2.47. The molecule has 2 aromatic rings. The van der Waals surface area contributed by atoms with Crippen molar-refractivity contribution in [1.29, 1.82) is 0 Å². The van der Waals surface area contributed by atoms with Gasteiger partial charge in [0.15, 0.2) is 0 Å². The van der Waals surface area contributed by atoms with E-state index in [-0.39, 0.29) is 30.4 Å². The first-order valence-corrected chi connectivity index (χ1v) is 10.5. The van der Waals surface area contributed by atoms with E-state index in [9.17, 15) is 9.59 Å². The summed E-state index contributed by atoms with van der Waals surface area (Å²) in [6, 6.07) is 7.50. The number of nitrogens with zero attached hydrogens (tertiary/aromatic N) is 3. The molecule has 0 aliphatic carbocycles. The number of amides is 2. The lowest BCUT2D eigenvalue weighted by Gasteiger charge is -2.35. The number of hydrogen-bond donors (Lipinski definition) is 1. The van der Waals surface area contributed by atoms with Gasteiger partial charge in [-0.2, -0.15) is 5.10 Å². The Morgan fingerprint density at radius 2 is 2.18 bits per heavy atom. The number of rotatable bonds is 6. The summed E-state index contributed by atoms with van der Waals surface area (Å²) in [7, 11) is 0. The van der Waals surface area contributed by atoms with Gasteiger partial charge < -0.3 is 10.2 Å². The number of nitrogens with two attached hydrogens (primary N) is 1. The monoisotopic (exact) mass is 400 g/mol. The van der Waals surface area contributed by atoms with E-state index in [2.05, 4.69) is 10.0 Å². The molecule has 7 nitrogen and oxygen atoms in total. The number of thiophene rings is 1. The molecule has 2 aliphatic rings. The van der Waals surface area contributed by atoms with Gasteiger partial charge in [-0.1, -0.05) is 12.5 Å². The molecule has 148 valence electrons. The maximum Gasteiger partial charge on any atom is 0.257 e. The summed E-state index contributed by atoms with van der Waals surface area (Å²) < 4.78 is 5.59. The molecule has 1 saturated heterocycles. The Morgan fingerprint density at radius 3 is 2.89 bits per heavy atom. The lowest BCUT2D eigenvalue weighted by atomic mass is 9.99. The predicted molar refractivity (Wildman–Crippen MR) is 107 cm³/mol. The number of carbonyl (C=O) groups is 2. The van der Waals surface area contributed by atoms with E-state index in [1.165, 1.54) is 0 Å². The normalized spacial score (nSPS) is 23.0. The summed E-state index contributed by atoms with van der Waals surface area (Å²) in [5, 5.41) is 8.22. The minimum atomic E-state index is -0.322. The second-order valence-electron chi connectivity index (χ2n) is 7.29. The molecule has 28 heavy (non-hydrogen) atoms. The van der Waals surface area contributed by atoms with Gasteiger partial charge in [-0.3, -0.25) is 14.5 Å². The van der Waals surface area contributed by atoms with Crippen LogP contribution in [0, 0.1) is 0 Å². The van der Waals surface area contributed by atoms with Crippen molar-refractivity contribution in [3.8, 4) is 0 Å². The van der Waals surface area contributed by atoms with Crippen molar-refractivity contribution < 1.29 is 14.0 Å². The molecule has 0 spiro atoms. The first-order chi connectivity index (χ1) is 13.6. The number of hydrogen-bond acceptors (Lipinski definition) is 6. The minimum absolute atomic E-state index is 0.0283. The number of primary amides is 1. The van der Waals surface area contributed by atoms with Gasteiger partial charge in [-0.25, -0.2) is 5.01 Å². The molecular formula is C20H24N4O3S. The van der Waals surface area contributed by atoms with Crippen LogP contribution in [0.25, 0.3) is 0 Å². The molecule has 0 saturated carbocycles. The molecule has 2 N–H and O–H groups in total. The summed E-state index contributed by atoms with van der Waals surface area (Å²) in [6.45, 7) is 1.03. The van der Waals surface area contributed by atoms with Gasteiger partial charge in [0, 0.05) is 18.9 Å². The van der Waals surface area contributed by atoms with Crippen molar-refractivity contribution >= 4 is 28.9 Å². The molecule has 2 aromatic heterocycles. The fraction of sp³-hybridized carbons (Fsp3) is 0.450. The summed E-state index contributed by atoms with van der Waals surface area (Å²) in [5.74, 6) is 0.331. The summed E-state index contributed by atoms with van der Waals surface area (Å²) in [5.41, 5.74) is 6.30. The minimum Gasteiger partial charge on any atom is -0.467 e. The number of hydrazone groups is 1. The second-order valence-corrected chi connectivity index (χ2v) is 8.24. The Hall–Kier alpha value is -2.45. The lowest BCUT2D eigenvalue weighted by molar-refractivity contribution is -0.136. The number of likely N-dealkylation sites (tertiary alicyclic amines) is 1. The van der Waals surface area contributed by atoms with Crippen molar-refractivity contribution in [1.82, 2.24) is 9.91 Å². The zero-order chi connectivity index (χ0) is 19.5. The Morgan fingerprint density at radius 1 is 1.29 bits per heavy atom. The van der Waals surface area contributed by atoms with E-state index >= 15 is 0 Å². The van der Waals surface area contributed by atoms with Gasteiger partial charge in [0.2, 0.25) is 5.91 Å². The van der Waals surface area contributed by atoms with Crippen molar-refractivity contribution in [2.24, 2.45) is 10.8 Å². The highest BCUT2D eigenvalue weighted by molar-refractivity contribution is 7.12. The average Bonchev–Trinajstić information content (AvgIpc) is 3.42. The van der Waals surface area contributed by atoms with E-state index in [0.29, 0.717) is 12.8 Å². The van der Waals surface area contributed by atoms with Crippen molar-refractivity contribution in [3.63, 3.8) is 0 Å². The highest BCUT2D eigenvalue weighted by atomic mass is 32.1. The maximum absolute atomic E-state index is 13.2. The number of carbonyl (C=O) groups excluding carboxylic acids is 2. The Kier molecular flexibility index (Phi) is 5.59. The molecule has 8 heteroatoms. The van der Waals surface area contributed by atoms with Gasteiger partial charge in [0.1, 0.15) is 11.8 Å². The third-order valence-corrected chi connectivity index (χ3v) is 6.29. The van der Waals surface area contributed by atoms with Gasteiger partial charge in [-0.05, 0) is 43.0 Å². The summed E-state index contributed by atoms with van der Waals surface area (Å²) in [4.78, 5) is 27.7. The first kappa shape index (κ1) is 18.9. The van der Waals surface area contributed by atoms with Crippen LogP contribution in [0.15, 0.2) is 45.4 Å². The van der Waals surface area contributed by atoms with Crippen LogP contribution in [-0.2, 0) is 9.59 Å². The molecule has 4 rings (SSSR count). The van der Waals surface area contributed by atoms with E-state index in [1.807, 2.05) is 29.6 Å². The molecule has 0 bridgehead atoms. The molecule has 2 atom stereocenters. The fourth-order valence-corrected chi connectivity index (χ4v) is 4.73. The summed E-state index contributed by atoms with van der Waals surface area (Å²) >= 11 is 1.61. The van der Waals surface area contributed by atoms with Crippen LogP contribution >= 0.6 is 11.3 Å².